The number of halogens is 1. The highest BCUT2D eigenvalue weighted by Gasteiger charge is 2.09. The standard InChI is InChI=1S/C14H10BrN3O3S/c1-7-12(19)16-14-18(17-7)13(20)11(22-14)6-8-5-9(15)3-4-10(8)21-2/h3-6H,1-2H3/b11-6+. The summed E-state index contributed by atoms with van der Waals surface area (Å²) in [4.78, 5) is 28.0. The summed E-state index contributed by atoms with van der Waals surface area (Å²) < 4.78 is 7.74. The maximum atomic E-state index is 12.4. The number of benzene rings is 1. The van der Waals surface area contributed by atoms with Crippen molar-refractivity contribution in [2.24, 2.45) is 0 Å². The van der Waals surface area contributed by atoms with Gasteiger partial charge in [0.1, 0.15) is 11.4 Å². The molecule has 0 saturated heterocycles. The van der Waals surface area contributed by atoms with Crippen molar-refractivity contribution in [2.45, 2.75) is 6.92 Å². The summed E-state index contributed by atoms with van der Waals surface area (Å²) in [6.07, 6.45) is 1.70. The van der Waals surface area contributed by atoms with Crippen LogP contribution in [-0.4, -0.2) is 21.7 Å². The molecular formula is C14H10BrN3O3S. The van der Waals surface area contributed by atoms with E-state index < -0.39 is 5.56 Å². The Kier molecular flexibility index (Phi) is 3.79. The molecule has 0 radical (unpaired) electrons. The van der Waals surface area contributed by atoms with Crippen LogP contribution in [0.4, 0.5) is 0 Å². The molecule has 0 aliphatic carbocycles. The lowest BCUT2D eigenvalue weighted by Gasteiger charge is -2.04. The van der Waals surface area contributed by atoms with Gasteiger partial charge < -0.3 is 4.74 Å². The number of nitrogens with zero attached hydrogens (tertiary/aromatic N) is 3. The van der Waals surface area contributed by atoms with Gasteiger partial charge in [0, 0.05) is 10.0 Å². The summed E-state index contributed by atoms with van der Waals surface area (Å²) >= 11 is 4.51. The van der Waals surface area contributed by atoms with Gasteiger partial charge in [0.2, 0.25) is 4.96 Å². The van der Waals surface area contributed by atoms with E-state index in [-0.39, 0.29) is 16.2 Å². The minimum Gasteiger partial charge on any atom is -0.496 e. The third-order valence-electron chi connectivity index (χ3n) is 3.02. The average molecular weight is 380 g/mol. The van der Waals surface area contributed by atoms with Crippen molar-refractivity contribution in [2.75, 3.05) is 7.11 Å². The molecule has 2 heterocycles. The van der Waals surface area contributed by atoms with Crippen LogP contribution in [-0.2, 0) is 0 Å². The largest absolute Gasteiger partial charge is 0.496 e. The van der Waals surface area contributed by atoms with E-state index >= 15 is 0 Å². The van der Waals surface area contributed by atoms with Crippen LogP contribution in [0.25, 0.3) is 11.0 Å². The number of aryl methyl sites for hydroxylation is 1. The summed E-state index contributed by atoms with van der Waals surface area (Å²) in [7, 11) is 1.56. The van der Waals surface area contributed by atoms with Crippen LogP contribution in [0.5, 0.6) is 5.75 Å². The van der Waals surface area contributed by atoms with E-state index in [9.17, 15) is 9.59 Å². The first-order valence-corrected chi connectivity index (χ1v) is 7.86. The van der Waals surface area contributed by atoms with Crippen LogP contribution < -0.4 is 20.4 Å². The molecule has 112 valence electrons. The lowest BCUT2D eigenvalue weighted by Crippen LogP contribution is -2.27. The first-order chi connectivity index (χ1) is 10.5. The van der Waals surface area contributed by atoms with Gasteiger partial charge in [-0.3, -0.25) is 9.59 Å². The molecule has 6 nitrogen and oxygen atoms in total. The summed E-state index contributed by atoms with van der Waals surface area (Å²) in [5, 5.41) is 3.98. The van der Waals surface area contributed by atoms with Crippen LogP contribution in [0, 0.1) is 6.92 Å². The summed E-state index contributed by atoms with van der Waals surface area (Å²) in [6, 6.07) is 5.50. The van der Waals surface area contributed by atoms with Crippen LogP contribution >= 0.6 is 27.3 Å². The second-order valence-electron chi connectivity index (χ2n) is 4.50. The number of thiazole rings is 1. The fraction of sp³-hybridized carbons (Fsp3) is 0.143. The molecule has 2 aromatic heterocycles. The summed E-state index contributed by atoms with van der Waals surface area (Å²) in [5.41, 5.74) is 0.213. The molecule has 0 atom stereocenters. The number of fused-ring (bicyclic) bond motifs is 1. The normalized spacial score (nSPS) is 12.0. The molecule has 3 aromatic rings. The molecule has 0 fully saturated rings. The minimum absolute atomic E-state index is 0.194. The molecule has 0 aliphatic heterocycles. The Morgan fingerprint density at radius 3 is 2.86 bits per heavy atom. The molecule has 0 amide bonds. The smallest absolute Gasteiger partial charge is 0.295 e. The van der Waals surface area contributed by atoms with Gasteiger partial charge in [-0.05, 0) is 31.2 Å². The molecule has 0 N–H and O–H groups in total. The van der Waals surface area contributed by atoms with E-state index in [2.05, 4.69) is 26.0 Å². The Morgan fingerprint density at radius 2 is 2.14 bits per heavy atom. The van der Waals surface area contributed by atoms with E-state index in [1.54, 1.807) is 19.3 Å². The van der Waals surface area contributed by atoms with Crippen molar-refractivity contribution in [3.05, 3.63) is 59.2 Å². The van der Waals surface area contributed by atoms with Gasteiger partial charge in [0.05, 0.1) is 11.6 Å². The number of methoxy groups -OCH3 is 1. The molecule has 0 bridgehead atoms. The molecule has 3 rings (SSSR count). The van der Waals surface area contributed by atoms with Crippen LogP contribution in [0.1, 0.15) is 11.3 Å². The lowest BCUT2D eigenvalue weighted by atomic mass is 10.2. The minimum atomic E-state index is -0.423. The topological polar surface area (TPSA) is 73.6 Å². The van der Waals surface area contributed by atoms with Gasteiger partial charge in [-0.2, -0.15) is 14.6 Å². The maximum Gasteiger partial charge on any atom is 0.295 e. The SMILES string of the molecule is COc1ccc(Br)cc1/C=c1/sc2nc(=O)c(C)nn2c1=O. The van der Waals surface area contributed by atoms with Gasteiger partial charge >= 0.3 is 0 Å². The average Bonchev–Trinajstić information content (AvgIpc) is 2.76. The predicted molar refractivity (Wildman–Crippen MR) is 87.6 cm³/mol. The molecule has 22 heavy (non-hydrogen) atoms. The highest BCUT2D eigenvalue weighted by Crippen LogP contribution is 2.23. The van der Waals surface area contributed by atoms with Gasteiger partial charge in [0.15, 0.2) is 0 Å². The first-order valence-electron chi connectivity index (χ1n) is 6.25. The van der Waals surface area contributed by atoms with Gasteiger partial charge in [0.25, 0.3) is 11.1 Å². The Bertz CT molecular complexity index is 1040. The molecule has 0 spiro atoms. The number of ether oxygens (including phenoxy) is 1. The molecule has 0 aliphatic rings. The molecule has 1 aromatic carbocycles. The van der Waals surface area contributed by atoms with Crippen molar-refractivity contribution >= 4 is 38.3 Å². The van der Waals surface area contributed by atoms with E-state index in [4.69, 9.17) is 4.74 Å². The zero-order chi connectivity index (χ0) is 15.9. The van der Waals surface area contributed by atoms with E-state index in [1.807, 2.05) is 12.1 Å². The molecular weight excluding hydrogens is 370 g/mol. The van der Waals surface area contributed by atoms with Crippen molar-refractivity contribution in [3.8, 4) is 5.75 Å². The highest BCUT2D eigenvalue weighted by molar-refractivity contribution is 9.10. The molecule has 8 heteroatoms. The van der Waals surface area contributed by atoms with Gasteiger partial charge in [-0.25, -0.2) is 0 Å². The van der Waals surface area contributed by atoms with E-state index in [0.29, 0.717) is 10.3 Å². The fourth-order valence-corrected chi connectivity index (χ4v) is 3.22. The van der Waals surface area contributed by atoms with Crippen LogP contribution in [0.15, 0.2) is 32.3 Å². The second-order valence-corrected chi connectivity index (χ2v) is 6.42. The number of rotatable bonds is 2. The zero-order valence-corrected chi connectivity index (χ0v) is 14.1. The number of aromatic nitrogens is 3. The van der Waals surface area contributed by atoms with E-state index in [0.717, 1.165) is 25.9 Å². The van der Waals surface area contributed by atoms with Crippen LogP contribution in [0.3, 0.4) is 0 Å². The highest BCUT2D eigenvalue weighted by atomic mass is 79.9. The first kappa shape index (κ1) is 14.9. The summed E-state index contributed by atoms with van der Waals surface area (Å²) in [5.74, 6) is 0.645. The van der Waals surface area contributed by atoms with E-state index in [1.165, 1.54) is 6.92 Å². The third-order valence-corrected chi connectivity index (χ3v) is 4.47. The van der Waals surface area contributed by atoms with Crippen molar-refractivity contribution in [3.63, 3.8) is 0 Å². The summed E-state index contributed by atoms with van der Waals surface area (Å²) in [6.45, 7) is 1.53. The Hall–Kier alpha value is -2.06. The molecule has 0 saturated carbocycles. The fourth-order valence-electron chi connectivity index (χ4n) is 1.95. The van der Waals surface area contributed by atoms with Gasteiger partial charge in [-0.1, -0.05) is 27.3 Å². The Morgan fingerprint density at radius 1 is 1.36 bits per heavy atom. The maximum absolute atomic E-state index is 12.4. The quantitative estimate of drug-likeness (QED) is 0.667. The van der Waals surface area contributed by atoms with Crippen molar-refractivity contribution in [1.82, 2.24) is 14.6 Å². The monoisotopic (exact) mass is 379 g/mol. The zero-order valence-electron chi connectivity index (χ0n) is 11.7. The Balaban J connectivity index is 2.31. The van der Waals surface area contributed by atoms with Crippen molar-refractivity contribution < 1.29 is 4.74 Å². The number of hydrogen-bond acceptors (Lipinski definition) is 6. The van der Waals surface area contributed by atoms with Gasteiger partial charge in [-0.15, -0.1) is 0 Å². The van der Waals surface area contributed by atoms with Crippen molar-refractivity contribution in [1.29, 1.82) is 0 Å². The van der Waals surface area contributed by atoms with Crippen LogP contribution in [0.2, 0.25) is 0 Å². The third kappa shape index (κ3) is 2.55. The second kappa shape index (κ2) is 5.62. The number of hydrogen-bond donors (Lipinski definition) is 0. The molecule has 0 unspecified atom stereocenters. The lowest BCUT2D eigenvalue weighted by molar-refractivity contribution is 0.414. The Labute approximate surface area is 136 Å². The predicted octanol–water partition coefficient (Wildman–Crippen LogP) is 1.14.